The van der Waals surface area contributed by atoms with Crippen molar-refractivity contribution in [2.24, 2.45) is 5.73 Å². The van der Waals surface area contributed by atoms with Gasteiger partial charge in [0.25, 0.3) is 0 Å². The number of thiocarbonyl (C=S) groups is 1. The van der Waals surface area contributed by atoms with Crippen molar-refractivity contribution in [1.82, 2.24) is 0 Å². The monoisotopic (exact) mass is 302 g/mol. The Kier molecular flexibility index (Phi) is 4.91. The van der Waals surface area contributed by atoms with Gasteiger partial charge in [-0.15, -0.1) is 0 Å². The van der Waals surface area contributed by atoms with Crippen molar-refractivity contribution in [1.29, 1.82) is 0 Å². The quantitative estimate of drug-likeness (QED) is 0.807. The number of hydrogen-bond acceptors (Lipinski definition) is 2. The van der Waals surface area contributed by atoms with Gasteiger partial charge in [-0.25, -0.2) is 4.39 Å². The highest BCUT2D eigenvalue weighted by molar-refractivity contribution is 7.80. The Morgan fingerprint density at radius 2 is 1.76 bits per heavy atom. The van der Waals surface area contributed by atoms with Crippen molar-refractivity contribution in [2.75, 3.05) is 5.32 Å². The molecule has 0 aliphatic carbocycles. The van der Waals surface area contributed by atoms with E-state index in [-0.39, 0.29) is 10.6 Å². The molecule has 3 N–H and O–H groups in total. The smallest absolute Gasteiger partial charge is 0.135 e. The maximum absolute atomic E-state index is 14.0. The van der Waals surface area contributed by atoms with Crippen LogP contribution >= 0.6 is 12.2 Å². The third kappa shape index (κ3) is 3.39. The highest BCUT2D eigenvalue weighted by atomic mass is 32.1. The first-order valence-electron chi connectivity index (χ1n) is 7.04. The number of aryl methyl sites for hydroxylation is 2. The molecule has 2 aromatic carbocycles. The van der Waals surface area contributed by atoms with Gasteiger partial charge in [-0.1, -0.05) is 44.3 Å². The van der Waals surface area contributed by atoms with Crippen molar-refractivity contribution in [2.45, 2.75) is 26.7 Å². The van der Waals surface area contributed by atoms with Gasteiger partial charge in [-0.05, 0) is 42.2 Å². The van der Waals surface area contributed by atoms with E-state index in [2.05, 4.69) is 37.4 Å². The summed E-state index contributed by atoms with van der Waals surface area (Å²) >= 11 is 4.82. The van der Waals surface area contributed by atoms with E-state index in [0.717, 1.165) is 18.5 Å². The van der Waals surface area contributed by atoms with E-state index in [9.17, 15) is 4.39 Å². The van der Waals surface area contributed by atoms with Gasteiger partial charge >= 0.3 is 0 Å². The summed E-state index contributed by atoms with van der Waals surface area (Å²) in [4.78, 5) is 0.0715. The van der Waals surface area contributed by atoms with Gasteiger partial charge in [0.05, 0.1) is 0 Å². The number of benzene rings is 2. The summed E-state index contributed by atoms with van der Waals surface area (Å²) in [6, 6.07) is 11.1. The molecule has 0 aromatic heterocycles. The van der Waals surface area contributed by atoms with Crippen molar-refractivity contribution in [3.8, 4) is 0 Å². The van der Waals surface area contributed by atoms with E-state index < -0.39 is 5.82 Å². The number of nitrogens with two attached hydrogens (primary N) is 1. The number of rotatable bonds is 5. The molecule has 0 radical (unpaired) electrons. The normalized spacial score (nSPS) is 10.4. The first-order valence-corrected chi connectivity index (χ1v) is 7.44. The molecular weight excluding hydrogens is 283 g/mol. The third-order valence-electron chi connectivity index (χ3n) is 3.50. The standard InChI is InChI=1S/C17H19FN2S/c1-3-11-6-5-7-12(4-2)16(11)20-13-8-9-14(17(19)21)15(18)10-13/h5-10,20H,3-4H2,1-2H3,(H2,19,21). The maximum Gasteiger partial charge on any atom is 0.135 e. The lowest BCUT2D eigenvalue weighted by molar-refractivity contribution is 0.626. The summed E-state index contributed by atoms with van der Waals surface area (Å²) in [5.41, 5.74) is 9.94. The van der Waals surface area contributed by atoms with Gasteiger partial charge in [-0.3, -0.25) is 0 Å². The Morgan fingerprint density at radius 1 is 1.14 bits per heavy atom. The summed E-state index contributed by atoms with van der Waals surface area (Å²) < 4.78 is 14.0. The number of nitrogens with one attached hydrogen (secondary N) is 1. The van der Waals surface area contributed by atoms with Crippen LogP contribution in [0, 0.1) is 5.82 Å². The molecule has 0 aliphatic heterocycles. The van der Waals surface area contributed by atoms with Gasteiger partial charge in [0.2, 0.25) is 0 Å². The van der Waals surface area contributed by atoms with Gasteiger partial charge in [0, 0.05) is 16.9 Å². The molecule has 0 unspecified atom stereocenters. The maximum atomic E-state index is 14.0. The van der Waals surface area contributed by atoms with Crippen LogP contribution in [0.4, 0.5) is 15.8 Å². The van der Waals surface area contributed by atoms with Crippen molar-refractivity contribution < 1.29 is 4.39 Å². The molecule has 4 heteroatoms. The molecule has 0 saturated heterocycles. The number of hydrogen-bond donors (Lipinski definition) is 2. The number of halogens is 1. The third-order valence-corrected chi connectivity index (χ3v) is 3.72. The molecule has 0 atom stereocenters. The largest absolute Gasteiger partial charge is 0.389 e. The molecule has 2 aromatic rings. The summed E-state index contributed by atoms with van der Waals surface area (Å²) in [5, 5.41) is 3.33. The van der Waals surface area contributed by atoms with Gasteiger partial charge < -0.3 is 11.1 Å². The van der Waals surface area contributed by atoms with Crippen molar-refractivity contribution >= 4 is 28.6 Å². The molecule has 2 nitrogen and oxygen atoms in total. The zero-order chi connectivity index (χ0) is 15.4. The molecule has 21 heavy (non-hydrogen) atoms. The Hall–Kier alpha value is -1.94. The minimum atomic E-state index is -0.403. The minimum absolute atomic E-state index is 0.0715. The summed E-state index contributed by atoms with van der Waals surface area (Å²) in [5.74, 6) is -0.403. The van der Waals surface area contributed by atoms with Crippen LogP contribution in [0.25, 0.3) is 0 Å². The van der Waals surface area contributed by atoms with Crippen LogP contribution in [0.2, 0.25) is 0 Å². The predicted octanol–water partition coefficient (Wildman–Crippen LogP) is 4.33. The Bertz CT molecular complexity index is 646. The van der Waals surface area contributed by atoms with Crippen molar-refractivity contribution in [3.05, 3.63) is 58.9 Å². The van der Waals surface area contributed by atoms with Crippen LogP contribution in [0.1, 0.15) is 30.5 Å². The second kappa shape index (κ2) is 6.68. The van der Waals surface area contributed by atoms with E-state index >= 15 is 0 Å². The van der Waals surface area contributed by atoms with E-state index in [4.69, 9.17) is 18.0 Å². The summed E-state index contributed by atoms with van der Waals surface area (Å²) in [7, 11) is 0. The van der Waals surface area contributed by atoms with Crippen LogP contribution < -0.4 is 11.1 Å². The second-order valence-electron chi connectivity index (χ2n) is 4.84. The number of para-hydroxylation sites is 1. The lowest BCUT2D eigenvalue weighted by Gasteiger charge is -2.16. The number of anilines is 2. The zero-order valence-corrected chi connectivity index (χ0v) is 13.1. The molecule has 0 spiro atoms. The summed E-state index contributed by atoms with van der Waals surface area (Å²) in [6.07, 6.45) is 1.84. The van der Waals surface area contributed by atoms with Crippen LogP contribution in [-0.2, 0) is 12.8 Å². The zero-order valence-electron chi connectivity index (χ0n) is 12.2. The SMILES string of the molecule is CCc1cccc(CC)c1Nc1ccc(C(N)=S)c(F)c1. The average molecular weight is 302 g/mol. The van der Waals surface area contributed by atoms with Crippen LogP contribution in [-0.4, -0.2) is 4.99 Å². The fourth-order valence-electron chi connectivity index (χ4n) is 2.34. The Balaban J connectivity index is 2.38. The fraction of sp³-hybridized carbons (Fsp3) is 0.235. The Labute approximate surface area is 130 Å². The summed E-state index contributed by atoms with van der Waals surface area (Å²) in [6.45, 7) is 4.22. The van der Waals surface area contributed by atoms with Gasteiger partial charge in [0.1, 0.15) is 10.8 Å². The predicted molar refractivity (Wildman–Crippen MR) is 90.8 cm³/mol. The average Bonchev–Trinajstić information content (AvgIpc) is 2.47. The minimum Gasteiger partial charge on any atom is -0.389 e. The molecule has 110 valence electrons. The molecule has 0 heterocycles. The molecule has 0 bridgehead atoms. The first kappa shape index (κ1) is 15.4. The van der Waals surface area contributed by atoms with Crippen LogP contribution in [0.3, 0.4) is 0 Å². The molecule has 0 aliphatic rings. The van der Waals surface area contributed by atoms with Crippen LogP contribution in [0.5, 0.6) is 0 Å². The Morgan fingerprint density at radius 3 is 2.24 bits per heavy atom. The molecule has 0 saturated carbocycles. The molecule has 0 amide bonds. The first-order chi connectivity index (χ1) is 10.1. The fourth-order valence-corrected chi connectivity index (χ4v) is 2.51. The molecule has 2 rings (SSSR count). The highest BCUT2D eigenvalue weighted by Gasteiger charge is 2.09. The van der Waals surface area contributed by atoms with Gasteiger partial charge in [0.15, 0.2) is 0 Å². The second-order valence-corrected chi connectivity index (χ2v) is 5.28. The van der Waals surface area contributed by atoms with E-state index in [1.807, 2.05) is 0 Å². The van der Waals surface area contributed by atoms with E-state index in [1.165, 1.54) is 17.2 Å². The van der Waals surface area contributed by atoms with Gasteiger partial charge in [-0.2, -0.15) is 0 Å². The lowest BCUT2D eigenvalue weighted by Crippen LogP contribution is -2.11. The molecular formula is C17H19FN2S. The van der Waals surface area contributed by atoms with Crippen LogP contribution in [0.15, 0.2) is 36.4 Å². The molecule has 0 fully saturated rings. The van der Waals surface area contributed by atoms with E-state index in [0.29, 0.717) is 5.69 Å². The van der Waals surface area contributed by atoms with Crippen molar-refractivity contribution in [3.63, 3.8) is 0 Å². The topological polar surface area (TPSA) is 38.0 Å². The lowest BCUT2D eigenvalue weighted by atomic mass is 10.0. The highest BCUT2D eigenvalue weighted by Crippen LogP contribution is 2.27. The van der Waals surface area contributed by atoms with E-state index in [1.54, 1.807) is 12.1 Å².